The fourth-order valence-electron chi connectivity index (χ4n) is 2.47. The average Bonchev–Trinajstić information content (AvgIpc) is 3.22. The zero-order chi connectivity index (χ0) is 21.9. The van der Waals surface area contributed by atoms with Crippen molar-refractivity contribution in [2.24, 2.45) is 0 Å². The highest BCUT2D eigenvalue weighted by Crippen LogP contribution is 2.20. The van der Waals surface area contributed by atoms with Crippen molar-refractivity contribution in [3.8, 4) is 11.3 Å². The molecule has 30 heavy (non-hydrogen) atoms. The Morgan fingerprint density at radius 3 is 2.33 bits per heavy atom. The van der Waals surface area contributed by atoms with E-state index < -0.39 is 21.8 Å². The first-order chi connectivity index (χ1) is 14.2. The van der Waals surface area contributed by atoms with Gasteiger partial charge in [0.05, 0.1) is 10.6 Å². The minimum atomic E-state index is -3.68. The van der Waals surface area contributed by atoms with E-state index in [2.05, 4.69) is 37.0 Å². The number of rotatable bonds is 5. The Morgan fingerprint density at radius 1 is 1.00 bits per heavy atom. The fourth-order valence-corrected chi connectivity index (χ4v) is 3.68. The summed E-state index contributed by atoms with van der Waals surface area (Å²) in [5.74, 6) is -1.26. The Labute approximate surface area is 181 Å². The van der Waals surface area contributed by atoms with Gasteiger partial charge >= 0.3 is 0 Å². The third-order valence-electron chi connectivity index (χ3n) is 4.13. The summed E-state index contributed by atoms with van der Waals surface area (Å²) in [7, 11) is -0.888. The van der Waals surface area contributed by atoms with E-state index in [0.717, 1.165) is 14.3 Å². The monoisotopic (exact) mass is 491 g/mol. The maximum atomic E-state index is 12.3. The number of halogens is 1. The van der Waals surface area contributed by atoms with Crippen LogP contribution in [0, 0.1) is 0 Å². The number of benzene rings is 2. The Bertz CT molecular complexity index is 1190. The van der Waals surface area contributed by atoms with Crippen LogP contribution in [0.2, 0.25) is 0 Å². The van der Waals surface area contributed by atoms with Crippen LogP contribution in [0.1, 0.15) is 20.8 Å². The maximum Gasteiger partial charge on any atom is 0.287 e. The van der Waals surface area contributed by atoms with E-state index in [4.69, 9.17) is 0 Å². The number of hydrogen-bond acceptors (Lipinski definition) is 5. The number of hydrazine groups is 1. The fraction of sp³-hybridized carbons (Fsp3) is 0.105. The van der Waals surface area contributed by atoms with Crippen molar-refractivity contribution < 1.29 is 18.0 Å². The number of carbonyl (C=O) groups excluding carboxylic acids is 2. The van der Waals surface area contributed by atoms with Gasteiger partial charge in [-0.05, 0) is 36.4 Å². The second kappa shape index (κ2) is 8.78. The highest BCUT2D eigenvalue weighted by molar-refractivity contribution is 9.10. The SMILES string of the molecule is CN(C)S(=O)(=O)c1cccc(C(=O)NNC(=O)c2cc(-c3ccc(Br)cc3)n[nH]2)c1. The molecule has 2 aromatic carbocycles. The summed E-state index contributed by atoms with van der Waals surface area (Å²) in [6, 6.07) is 14.5. The second-order valence-electron chi connectivity index (χ2n) is 6.40. The normalized spacial score (nSPS) is 11.3. The number of amides is 2. The van der Waals surface area contributed by atoms with Gasteiger partial charge in [0.15, 0.2) is 0 Å². The predicted molar refractivity (Wildman–Crippen MR) is 114 cm³/mol. The molecule has 0 atom stereocenters. The van der Waals surface area contributed by atoms with Gasteiger partial charge in [-0.25, -0.2) is 12.7 Å². The molecule has 3 aromatic rings. The van der Waals surface area contributed by atoms with Gasteiger partial charge < -0.3 is 0 Å². The van der Waals surface area contributed by atoms with Crippen LogP contribution in [0.5, 0.6) is 0 Å². The van der Waals surface area contributed by atoms with Gasteiger partial charge in [0.2, 0.25) is 10.0 Å². The molecule has 0 saturated carbocycles. The molecule has 0 bridgehead atoms. The third kappa shape index (κ3) is 4.75. The number of hydrogen-bond donors (Lipinski definition) is 3. The third-order valence-corrected chi connectivity index (χ3v) is 6.47. The van der Waals surface area contributed by atoms with Gasteiger partial charge in [-0.2, -0.15) is 5.10 Å². The number of H-pyrrole nitrogens is 1. The van der Waals surface area contributed by atoms with Gasteiger partial charge in [-0.1, -0.05) is 34.1 Å². The molecule has 0 aliphatic carbocycles. The summed E-state index contributed by atoms with van der Waals surface area (Å²) < 4.78 is 26.4. The van der Waals surface area contributed by atoms with Crippen LogP contribution in [-0.2, 0) is 10.0 Å². The number of nitrogens with zero attached hydrogens (tertiary/aromatic N) is 2. The van der Waals surface area contributed by atoms with Crippen LogP contribution in [0.4, 0.5) is 0 Å². The van der Waals surface area contributed by atoms with Gasteiger partial charge in [-0.3, -0.25) is 25.5 Å². The van der Waals surface area contributed by atoms with E-state index >= 15 is 0 Å². The Hall–Kier alpha value is -3.02. The van der Waals surface area contributed by atoms with Crippen LogP contribution < -0.4 is 10.9 Å². The molecule has 0 aliphatic heterocycles. The van der Waals surface area contributed by atoms with Crippen molar-refractivity contribution in [3.63, 3.8) is 0 Å². The summed E-state index contributed by atoms with van der Waals surface area (Å²) in [5.41, 5.74) is 6.15. The standard InChI is InChI=1S/C19H18BrN5O4S/c1-25(2)30(28,29)15-5-3-4-13(10-15)18(26)23-24-19(27)17-11-16(21-22-17)12-6-8-14(20)9-7-12/h3-11H,1-2H3,(H,21,22)(H,23,26)(H,24,27). The first kappa shape index (κ1) is 21.7. The molecule has 0 radical (unpaired) electrons. The highest BCUT2D eigenvalue weighted by atomic mass is 79.9. The quantitative estimate of drug-likeness (QED) is 0.471. The molecule has 0 unspecified atom stereocenters. The van der Waals surface area contributed by atoms with E-state index in [0.29, 0.717) is 5.69 Å². The van der Waals surface area contributed by atoms with Crippen LogP contribution >= 0.6 is 15.9 Å². The molecule has 2 amide bonds. The van der Waals surface area contributed by atoms with Gasteiger partial charge in [-0.15, -0.1) is 0 Å². The van der Waals surface area contributed by atoms with Crippen LogP contribution in [0.15, 0.2) is 64.0 Å². The topological polar surface area (TPSA) is 124 Å². The van der Waals surface area contributed by atoms with Crippen molar-refractivity contribution >= 4 is 37.8 Å². The summed E-state index contributed by atoms with van der Waals surface area (Å²) >= 11 is 3.35. The lowest BCUT2D eigenvalue weighted by Crippen LogP contribution is -2.41. The molecule has 9 nitrogen and oxygen atoms in total. The van der Waals surface area contributed by atoms with Gasteiger partial charge in [0.1, 0.15) is 5.69 Å². The molecule has 0 aliphatic rings. The van der Waals surface area contributed by atoms with E-state index in [9.17, 15) is 18.0 Å². The molecule has 0 spiro atoms. The number of nitrogens with one attached hydrogen (secondary N) is 3. The summed E-state index contributed by atoms with van der Waals surface area (Å²) in [6.07, 6.45) is 0. The Balaban J connectivity index is 1.67. The molecule has 1 heterocycles. The first-order valence-corrected chi connectivity index (χ1v) is 10.9. The lowest BCUT2D eigenvalue weighted by molar-refractivity contribution is 0.0844. The molecular formula is C19H18BrN5O4S. The zero-order valence-electron chi connectivity index (χ0n) is 16.0. The smallest absolute Gasteiger partial charge is 0.272 e. The van der Waals surface area contributed by atoms with E-state index in [1.54, 1.807) is 6.07 Å². The number of sulfonamides is 1. The van der Waals surface area contributed by atoms with Crippen molar-refractivity contribution in [2.45, 2.75) is 4.90 Å². The number of aromatic amines is 1. The van der Waals surface area contributed by atoms with Gasteiger partial charge in [0, 0.05) is 29.7 Å². The number of carbonyl (C=O) groups is 2. The molecule has 3 rings (SSSR count). The zero-order valence-corrected chi connectivity index (χ0v) is 18.4. The molecule has 1 aromatic heterocycles. The van der Waals surface area contributed by atoms with E-state index in [1.807, 2.05) is 24.3 Å². The summed E-state index contributed by atoms with van der Waals surface area (Å²) in [5, 5.41) is 6.71. The van der Waals surface area contributed by atoms with Crippen LogP contribution in [-0.4, -0.2) is 48.8 Å². The van der Waals surface area contributed by atoms with E-state index in [1.165, 1.54) is 38.4 Å². The van der Waals surface area contributed by atoms with Crippen molar-refractivity contribution in [1.82, 2.24) is 25.4 Å². The molecule has 3 N–H and O–H groups in total. The maximum absolute atomic E-state index is 12.3. The lowest BCUT2D eigenvalue weighted by atomic mass is 10.1. The molecular weight excluding hydrogens is 474 g/mol. The molecule has 0 fully saturated rings. The van der Waals surface area contributed by atoms with Gasteiger partial charge in [0.25, 0.3) is 11.8 Å². The van der Waals surface area contributed by atoms with Crippen LogP contribution in [0.3, 0.4) is 0 Å². The van der Waals surface area contributed by atoms with Crippen molar-refractivity contribution in [3.05, 3.63) is 70.3 Å². The Kier molecular flexibility index (Phi) is 6.34. The second-order valence-corrected chi connectivity index (χ2v) is 9.46. The highest BCUT2D eigenvalue weighted by Gasteiger charge is 2.19. The molecule has 0 saturated heterocycles. The lowest BCUT2D eigenvalue weighted by Gasteiger charge is -2.12. The molecule has 11 heteroatoms. The minimum absolute atomic E-state index is 0.0285. The first-order valence-electron chi connectivity index (χ1n) is 8.63. The summed E-state index contributed by atoms with van der Waals surface area (Å²) in [4.78, 5) is 24.6. The number of aromatic nitrogens is 2. The minimum Gasteiger partial charge on any atom is -0.272 e. The van der Waals surface area contributed by atoms with E-state index in [-0.39, 0.29) is 16.2 Å². The van der Waals surface area contributed by atoms with Crippen molar-refractivity contribution in [2.75, 3.05) is 14.1 Å². The van der Waals surface area contributed by atoms with Crippen LogP contribution in [0.25, 0.3) is 11.3 Å². The largest absolute Gasteiger partial charge is 0.287 e. The average molecular weight is 492 g/mol. The summed E-state index contributed by atoms with van der Waals surface area (Å²) in [6.45, 7) is 0. The predicted octanol–water partition coefficient (Wildman–Crippen LogP) is 2.16. The van der Waals surface area contributed by atoms with Crippen molar-refractivity contribution in [1.29, 1.82) is 0 Å². The Morgan fingerprint density at radius 2 is 1.67 bits per heavy atom. The molecule has 156 valence electrons.